The standard InChI is InChI=1S/C20H15N3O6/c1-26-15-3-2-4-16(11-15)27-12-17-9-10-18(28-17)20-21-19(22-29-20)13-5-7-14(8-6-13)23(24)25/h2-11H,12H2,1H3. The summed E-state index contributed by atoms with van der Waals surface area (Å²) in [6.45, 7) is 0.219. The molecule has 9 nitrogen and oxygen atoms in total. The zero-order valence-corrected chi connectivity index (χ0v) is 15.3. The smallest absolute Gasteiger partial charge is 0.293 e. The maximum Gasteiger partial charge on any atom is 0.293 e. The van der Waals surface area contributed by atoms with Crippen LogP contribution in [-0.4, -0.2) is 22.2 Å². The lowest BCUT2D eigenvalue weighted by Crippen LogP contribution is -1.94. The van der Waals surface area contributed by atoms with E-state index in [2.05, 4.69) is 10.1 Å². The van der Waals surface area contributed by atoms with Crippen molar-refractivity contribution in [3.05, 3.63) is 76.5 Å². The van der Waals surface area contributed by atoms with E-state index < -0.39 is 4.92 Å². The van der Waals surface area contributed by atoms with Crippen molar-refractivity contribution in [2.75, 3.05) is 7.11 Å². The second-order valence-corrected chi connectivity index (χ2v) is 5.96. The lowest BCUT2D eigenvalue weighted by Gasteiger charge is -2.05. The molecule has 0 N–H and O–H groups in total. The number of methoxy groups -OCH3 is 1. The SMILES string of the molecule is COc1cccc(OCc2ccc(-c3nc(-c4ccc([N+](=O)[O-])cc4)no3)o2)c1. The molecule has 0 radical (unpaired) electrons. The van der Waals surface area contributed by atoms with Crippen LogP contribution in [0.4, 0.5) is 5.69 Å². The number of ether oxygens (including phenoxy) is 2. The van der Waals surface area contributed by atoms with Crippen molar-refractivity contribution < 1.29 is 23.3 Å². The van der Waals surface area contributed by atoms with E-state index in [4.69, 9.17) is 18.4 Å². The van der Waals surface area contributed by atoms with Gasteiger partial charge in [0, 0.05) is 23.8 Å². The Morgan fingerprint density at radius 3 is 2.62 bits per heavy atom. The van der Waals surface area contributed by atoms with Gasteiger partial charge in [0.25, 0.3) is 11.6 Å². The normalized spacial score (nSPS) is 10.7. The van der Waals surface area contributed by atoms with Gasteiger partial charge in [-0.1, -0.05) is 11.2 Å². The van der Waals surface area contributed by atoms with Crippen LogP contribution >= 0.6 is 0 Å². The molecule has 0 spiro atoms. The number of benzene rings is 2. The van der Waals surface area contributed by atoms with Crippen LogP contribution in [0.3, 0.4) is 0 Å². The summed E-state index contributed by atoms with van der Waals surface area (Å²) in [6, 6.07) is 16.6. The zero-order valence-electron chi connectivity index (χ0n) is 15.3. The van der Waals surface area contributed by atoms with E-state index in [0.29, 0.717) is 34.4 Å². The van der Waals surface area contributed by atoms with Crippen LogP contribution < -0.4 is 9.47 Å². The molecule has 0 atom stereocenters. The number of nitro benzene ring substituents is 1. The predicted molar refractivity (Wildman–Crippen MR) is 101 cm³/mol. The summed E-state index contributed by atoms with van der Waals surface area (Å²) < 4.78 is 21.8. The average Bonchev–Trinajstić information content (AvgIpc) is 3.42. The summed E-state index contributed by atoms with van der Waals surface area (Å²) in [7, 11) is 1.59. The number of hydrogen-bond acceptors (Lipinski definition) is 8. The second-order valence-electron chi connectivity index (χ2n) is 5.96. The molecule has 4 aromatic rings. The van der Waals surface area contributed by atoms with Gasteiger partial charge in [0.1, 0.15) is 23.9 Å². The molecule has 9 heteroatoms. The van der Waals surface area contributed by atoms with Gasteiger partial charge in [0.05, 0.1) is 12.0 Å². The van der Waals surface area contributed by atoms with Crippen LogP contribution in [0.5, 0.6) is 11.5 Å². The molecule has 2 aromatic carbocycles. The van der Waals surface area contributed by atoms with Gasteiger partial charge in [-0.05, 0) is 36.4 Å². The lowest BCUT2D eigenvalue weighted by atomic mass is 10.2. The number of nitrogens with zero attached hydrogens (tertiary/aromatic N) is 3. The molecule has 146 valence electrons. The quantitative estimate of drug-likeness (QED) is 0.333. The fourth-order valence-electron chi connectivity index (χ4n) is 2.59. The van der Waals surface area contributed by atoms with Crippen molar-refractivity contribution in [3.63, 3.8) is 0 Å². The molecule has 0 fully saturated rings. The minimum absolute atomic E-state index is 0.0100. The molecular formula is C20H15N3O6. The maximum absolute atomic E-state index is 10.7. The largest absolute Gasteiger partial charge is 0.497 e. The van der Waals surface area contributed by atoms with Crippen LogP contribution in [0.1, 0.15) is 5.76 Å². The van der Waals surface area contributed by atoms with Gasteiger partial charge in [-0.3, -0.25) is 10.1 Å². The summed E-state index contributed by atoms with van der Waals surface area (Å²) >= 11 is 0. The van der Waals surface area contributed by atoms with Gasteiger partial charge in [-0.25, -0.2) is 0 Å². The Bertz CT molecular complexity index is 1130. The Morgan fingerprint density at radius 2 is 1.86 bits per heavy atom. The third-order valence-corrected chi connectivity index (χ3v) is 4.06. The summed E-state index contributed by atoms with van der Waals surface area (Å²) in [6.07, 6.45) is 0. The predicted octanol–water partition coefficient (Wildman–Crippen LogP) is 4.49. The van der Waals surface area contributed by atoms with Gasteiger partial charge < -0.3 is 18.4 Å². The van der Waals surface area contributed by atoms with Gasteiger partial charge in [0.15, 0.2) is 5.76 Å². The van der Waals surface area contributed by atoms with Crippen LogP contribution in [0.25, 0.3) is 23.0 Å². The molecule has 0 aliphatic rings. The van der Waals surface area contributed by atoms with Crippen molar-refractivity contribution in [1.29, 1.82) is 0 Å². The monoisotopic (exact) mass is 393 g/mol. The molecule has 2 heterocycles. The molecule has 2 aromatic heterocycles. The van der Waals surface area contributed by atoms with Crippen molar-refractivity contribution in [2.24, 2.45) is 0 Å². The minimum Gasteiger partial charge on any atom is -0.497 e. The van der Waals surface area contributed by atoms with Crippen molar-refractivity contribution in [1.82, 2.24) is 10.1 Å². The van der Waals surface area contributed by atoms with Crippen molar-refractivity contribution >= 4 is 5.69 Å². The lowest BCUT2D eigenvalue weighted by molar-refractivity contribution is -0.384. The van der Waals surface area contributed by atoms with E-state index in [1.165, 1.54) is 12.1 Å². The Labute approximate surface area is 164 Å². The molecule has 4 rings (SSSR count). The zero-order chi connectivity index (χ0) is 20.2. The first-order valence-corrected chi connectivity index (χ1v) is 8.57. The number of non-ortho nitro benzene ring substituents is 1. The van der Waals surface area contributed by atoms with Gasteiger partial charge in [-0.15, -0.1) is 0 Å². The number of aromatic nitrogens is 2. The highest BCUT2D eigenvalue weighted by Gasteiger charge is 2.15. The third-order valence-electron chi connectivity index (χ3n) is 4.06. The number of hydrogen-bond donors (Lipinski definition) is 0. The first kappa shape index (κ1) is 18.2. The molecule has 0 saturated heterocycles. The maximum atomic E-state index is 10.7. The third kappa shape index (κ3) is 4.08. The van der Waals surface area contributed by atoms with Crippen LogP contribution in [0.2, 0.25) is 0 Å². The van der Waals surface area contributed by atoms with E-state index in [1.807, 2.05) is 18.2 Å². The Hall–Kier alpha value is -4.14. The first-order valence-electron chi connectivity index (χ1n) is 8.57. The molecule has 0 amide bonds. The first-order chi connectivity index (χ1) is 14.1. The molecular weight excluding hydrogens is 378 g/mol. The fraction of sp³-hybridized carbons (Fsp3) is 0.100. The Balaban J connectivity index is 1.45. The highest BCUT2D eigenvalue weighted by atomic mass is 16.6. The van der Waals surface area contributed by atoms with E-state index in [9.17, 15) is 10.1 Å². The van der Waals surface area contributed by atoms with Crippen LogP contribution in [0.15, 0.2) is 69.6 Å². The second kappa shape index (κ2) is 7.85. The van der Waals surface area contributed by atoms with E-state index in [1.54, 1.807) is 37.4 Å². The van der Waals surface area contributed by atoms with Gasteiger partial charge >= 0.3 is 0 Å². The number of rotatable bonds is 7. The molecule has 0 saturated carbocycles. The van der Waals surface area contributed by atoms with Gasteiger partial charge in [-0.2, -0.15) is 4.98 Å². The van der Waals surface area contributed by atoms with E-state index in [0.717, 1.165) is 0 Å². The highest BCUT2D eigenvalue weighted by Crippen LogP contribution is 2.26. The van der Waals surface area contributed by atoms with Gasteiger partial charge in [0.2, 0.25) is 5.82 Å². The molecule has 0 bridgehead atoms. The topological polar surface area (TPSA) is 114 Å². The molecule has 29 heavy (non-hydrogen) atoms. The Kier molecular flexibility index (Phi) is 4.93. The highest BCUT2D eigenvalue weighted by molar-refractivity contribution is 5.59. The van der Waals surface area contributed by atoms with Crippen LogP contribution in [0, 0.1) is 10.1 Å². The summed E-state index contributed by atoms with van der Waals surface area (Å²) in [4.78, 5) is 14.6. The Morgan fingerprint density at radius 1 is 1.07 bits per heavy atom. The molecule has 0 unspecified atom stereocenters. The summed E-state index contributed by atoms with van der Waals surface area (Å²) in [5, 5.41) is 14.6. The molecule has 0 aliphatic heterocycles. The summed E-state index contributed by atoms with van der Waals surface area (Å²) in [5.74, 6) is 2.84. The fourth-order valence-corrected chi connectivity index (χ4v) is 2.59. The summed E-state index contributed by atoms with van der Waals surface area (Å²) in [5.41, 5.74) is 0.586. The van der Waals surface area contributed by atoms with Crippen LogP contribution in [-0.2, 0) is 6.61 Å². The molecule has 0 aliphatic carbocycles. The average molecular weight is 393 g/mol. The minimum atomic E-state index is -0.469. The number of furan rings is 1. The van der Waals surface area contributed by atoms with Crippen molar-refractivity contribution in [3.8, 4) is 34.5 Å². The van der Waals surface area contributed by atoms with E-state index in [-0.39, 0.29) is 18.2 Å². The van der Waals surface area contributed by atoms with E-state index >= 15 is 0 Å². The number of nitro groups is 1. The van der Waals surface area contributed by atoms with Crippen molar-refractivity contribution in [2.45, 2.75) is 6.61 Å².